The lowest BCUT2D eigenvalue weighted by Crippen LogP contribution is -2.48. The number of nitro groups is 1. The van der Waals surface area contributed by atoms with E-state index in [4.69, 9.17) is 5.73 Å². The number of benzene rings is 1. The number of nitro benzene ring substituents is 1. The highest BCUT2D eigenvalue weighted by atomic mass is 32.2. The van der Waals surface area contributed by atoms with E-state index in [1.165, 1.54) is 19.9 Å². The average Bonchev–Trinajstić information content (AvgIpc) is 2.29. The van der Waals surface area contributed by atoms with Gasteiger partial charge < -0.3 is 5.73 Å². The maximum absolute atomic E-state index is 12.4. The molecule has 0 aliphatic heterocycles. The first-order valence-electron chi connectivity index (χ1n) is 6.00. The van der Waals surface area contributed by atoms with Crippen LogP contribution in [0.2, 0.25) is 0 Å². The van der Waals surface area contributed by atoms with E-state index < -0.39 is 26.2 Å². The van der Waals surface area contributed by atoms with Crippen LogP contribution in [0.4, 0.5) is 5.69 Å². The van der Waals surface area contributed by atoms with Gasteiger partial charge in [0.15, 0.2) is 4.90 Å². The highest BCUT2D eigenvalue weighted by Crippen LogP contribution is 2.31. The standard InChI is InChI=1S/C12H19N3O4S/c1-8-5-6-9(2)11(10(8)15(16)17)20(18,19)14-12(3,4)7-13/h5-6,14H,7,13H2,1-4H3. The zero-order chi connectivity index (χ0) is 15.7. The second-order valence-electron chi connectivity index (χ2n) is 5.33. The minimum Gasteiger partial charge on any atom is -0.329 e. The summed E-state index contributed by atoms with van der Waals surface area (Å²) in [5.41, 5.74) is 4.83. The Morgan fingerprint density at radius 1 is 1.30 bits per heavy atom. The Bertz CT molecular complexity index is 638. The lowest BCUT2D eigenvalue weighted by Gasteiger charge is -2.24. The van der Waals surface area contributed by atoms with Crippen LogP contribution in [-0.4, -0.2) is 25.4 Å². The van der Waals surface area contributed by atoms with Crippen LogP contribution in [0.5, 0.6) is 0 Å². The Kier molecular flexibility index (Phi) is 4.52. The van der Waals surface area contributed by atoms with Crippen LogP contribution in [0.15, 0.2) is 17.0 Å². The molecule has 0 radical (unpaired) electrons. The monoisotopic (exact) mass is 301 g/mol. The third kappa shape index (κ3) is 3.33. The lowest BCUT2D eigenvalue weighted by molar-refractivity contribution is -0.388. The van der Waals surface area contributed by atoms with Crippen molar-refractivity contribution < 1.29 is 13.3 Å². The number of aryl methyl sites for hydroxylation is 2. The number of nitrogens with one attached hydrogen (secondary N) is 1. The summed E-state index contributed by atoms with van der Waals surface area (Å²) < 4.78 is 27.3. The van der Waals surface area contributed by atoms with Gasteiger partial charge in [-0.3, -0.25) is 10.1 Å². The predicted octanol–water partition coefficient (Wildman–Crippen LogP) is 1.23. The molecule has 20 heavy (non-hydrogen) atoms. The Morgan fingerprint density at radius 2 is 1.80 bits per heavy atom. The molecule has 0 unspecified atom stereocenters. The Morgan fingerprint density at radius 3 is 2.25 bits per heavy atom. The molecular weight excluding hydrogens is 282 g/mol. The molecule has 0 spiro atoms. The normalized spacial score (nSPS) is 12.4. The third-order valence-corrected chi connectivity index (χ3v) is 4.78. The van der Waals surface area contributed by atoms with Crippen LogP contribution in [0.3, 0.4) is 0 Å². The van der Waals surface area contributed by atoms with Crippen molar-refractivity contribution in [3.05, 3.63) is 33.4 Å². The molecule has 0 aliphatic carbocycles. The van der Waals surface area contributed by atoms with Gasteiger partial charge in [0, 0.05) is 17.6 Å². The molecule has 7 nitrogen and oxygen atoms in total. The molecule has 0 aromatic heterocycles. The number of nitrogens with two attached hydrogens (primary N) is 1. The smallest absolute Gasteiger partial charge is 0.292 e. The number of nitrogens with zero attached hydrogens (tertiary/aromatic N) is 1. The van der Waals surface area contributed by atoms with Crippen LogP contribution < -0.4 is 10.5 Å². The van der Waals surface area contributed by atoms with E-state index in [0.29, 0.717) is 11.1 Å². The summed E-state index contributed by atoms with van der Waals surface area (Å²) in [4.78, 5) is 10.2. The topological polar surface area (TPSA) is 115 Å². The van der Waals surface area contributed by atoms with Crippen molar-refractivity contribution in [3.63, 3.8) is 0 Å². The molecule has 1 rings (SSSR count). The molecule has 0 atom stereocenters. The molecule has 0 heterocycles. The summed E-state index contributed by atoms with van der Waals surface area (Å²) in [5, 5.41) is 11.2. The SMILES string of the molecule is Cc1ccc(C)c(S(=O)(=O)NC(C)(C)CN)c1[N+](=O)[O-]. The molecule has 0 aliphatic rings. The first-order valence-corrected chi connectivity index (χ1v) is 7.49. The van der Waals surface area contributed by atoms with Crippen molar-refractivity contribution in [2.75, 3.05) is 6.54 Å². The summed E-state index contributed by atoms with van der Waals surface area (Å²) in [5.74, 6) is 0. The van der Waals surface area contributed by atoms with Gasteiger partial charge in [-0.1, -0.05) is 12.1 Å². The van der Waals surface area contributed by atoms with E-state index in [2.05, 4.69) is 4.72 Å². The first kappa shape index (κ1) is 16.5. The Hall–Kier alpha value is -1.51. The molecule has 3 N–H and O–H groups in total. The first-order chi connectivity index (χ1) is 9.02. The van der Waals surface area contributed by atoms with Crippen molar-refractivity contribution >= 4 is 15.7 Å². The molecule has 0 saturated heterocycles. The summed E-state index contributed by atoms with van der Waals surface area (Å²) in [6.45, 7) is 6.33. The maximum Gasteiger partial charge on any atom is 0.292 e. The minimum absolute atomic E-state index is 0.0743. The number of hydrogen-bond donors (Lipinski definition) is 2. The van der Waals surface area contributed by atoms with Crippen LogP contribution in [-0.2, 0) is 10.0 Å². The molecule has 1 aromatic rings. The fourth-order valence-corrected chi connectivity index (χ4v) is 3.69. The fourth-order valence-electron chi connectivity index (χ4n) is 1.79. The van der Waals surface area contributed by atoms with Crippen molar-refractivity contribution in [3.8, 4) is 0 Å². The largest absolute Gasteiger partial charge is 0.329 e. The molecule has 0 bridgehead atoms. The summed E-state index contributed by atoms with van der Waals surface area (Å²) in [7, 11) is -4.03. The second-order valence-corrected chi connectivity index (χ2v) is 6.95. The summed E-state index contributed by atoms with van der Waals surface area (Å²) in [6.07, 6.45) is 0. The van der Waals surface area contributed by atoms with Gasteiger partial charge >= 0.3 is 0 Å². The van der Waals surface area contributed by atoms with Crippen molar-refractivity contribution in [2.45, 2.75) is 38.1 Å². The minimum atomic E-state index is -4.03. The van der Waals surface area contributed by atoms with Gasteiger partial charge in [-0.2, -0.15) is 0 Å². The van der Waals surface area contributed by atoms with Crippen LogP contribution in [0, 0.1) is 24.0 Å². The molecular formula is C12H19N3O4S. The zero-order valence-corrected chi connectivity index (χ0v) is 12.7. The van der Waals surface area contributed by atoms with Crippen LogP contribution >= 0.6 is 0 Å². The highest BCUT2D eigenvalue weighted by Gasteiger charge is 2.33. The molecule has 8 heteroatoms. The van der Waals surface area contributed by atoms with E-state index in [1.807, 2.05) is 0 Å². The predicted molar refractivity (Wildman–Crippen MR) is 76.0 cm³/mol. The zero-order valence-electron chi connectivity index (χ0n) is 11.9. The van der Waals surface area contributed by atoms with Crippen LogP contribution in [0.1, 0.15) is 25.0 Å². The Labute approximate surface area is 118 Å². The fraction of sp³-hybridized carbons (Fsp3) is 0.500. The van der Waals surface area contributed by atoms with Gasteiger partial charge in [0.1, 0.15) is 0 Å². The molecule has 0 saturated carbocycles. The molecule has 1 aromatic carbocycles. The summed E-state index contributed by atoms with van der Waals surface area (Å²) in [6, 6.07) is 3.08. The van der Waals surface area contributed by atoms with Gasteiger partial charge in [0.2, 0.25) is 10.0 Å². The highest BCUT2D eigenvalue weighted by molar-refractivity contribution is 7.89. The van der Waals surface area contributed by atoms with Gasteiger partial charge in [-0.25, -0.2) is 13.1 Å². The molecule has 112 valence electrons. The van der Waals surface area contributed by atoms with Gasteiger partial charge in [0.05, 0.1) is 4.92 Å². The van der Waals surface area contributed by atoms with Crippen molar-refractivity contribution in [2.24, 2.45) is 5.73 Å². The Balaban J connectivity index is 3.54. The number of rotatable bonds is 5. The van der Waals surface area contributed by atoms with E-state index in [1.54, 1.807) is 19.9 Å². The van der Waals surface area contributed by atoms with Gasteiger partial charge in [0.25, 0.3) is 5.69 Å². The van der Waals surface area contributed by atoms with Crippen molar-refractivity contribution in [1.29, 1.82) is 0 Å². The maximum atomic E-state index is 12.4. The van der Waals surface area contributed by atoms with Crippen LogP contribution in [0.25, 0.3) is 0 Å². The average molecular weight is 301 g/mol. The van der Waals surface area contributed by atoms with E-state index in [9.17, 15) is 18.5 Å². The van der Waals surface area contributed by atoms with Gasteiger partial charge in [-0.05, 0) is 33.3 Å². The van der Waals surface area contributed by atoms with E-state index in [0.717, 1.165) is 0 Å². The lowest BCUT2D eigenvalue weighted by atomic mass is 10.1. The summed E-state index contributed by atoms with van der Waals surface area (Å²) >= 11 is 0. The van der Waals surface area contributed by atoms with Crippen molar-refractivity contribution in [1.82, 2.24) is 4.72 Å². The number of sulfonamides is 1. The quantitative estimate of drug-likeness (QED) is 0.627. The van der Waals surface area contributed by atoms with E-state index >= 15 is 0 Å². The third-order valence-electron chi connectivity index (χ3n) is 2.90. The van der Waals surface area contributed by atoms with E-state index in [-0.39, 0.29) is 11.4 Å². The van der Waals surface area contributed by atoms with Gasteiger partial charge in [-0.15, -0.1) is 0 Å². The molecule has 0 amide bonds. The number of hydrogen-bond acceptors (Lipinski definition) is 5. The second kappa shape index (κ2) is 5.47. The molecule has 0 fully saturated rings.